The van der Waals surface area contributed by atoms with Crippen LogP contribution in [0.15, 0.2) is 24.3 Å². The monoisotopic (exact) mass is 220 g/mol. The van der Waals surface area contributed by atoms with Crippen molar-refractivity contribution in [1.82, 2.24) is 0 Å². The highest BCUT2D eigenvalue weighted by Crippen LogP contribution is 2.25. The SMILES string of the molecule is CC(CC(=O)O)c1ccc(C(C)(C)C)cc1. The van der Waals surface area contributed by atoms with E-state index in [1.165, 1.54) is 5.56 Å². The Hall–Kier alpha value is -1.31. The van der Waals surface area contributed by atoms with Gasteiger partial charge in [-0.3, -0.25) is 4.79 Å². The lowest BCUT2D eigenvalue weighted by Gasteiger charge is -2.20. The number of carboxylic acid groups (broad SMARTS) is 1. The first-order chi connectivity index (χ1) is 7.30. The number of rotatable bonds is 3. The molecule has 0 aliphatic rings. The molecule has 2 nitrogen and oxygen atoms in total. The topological polar surface area (TPSA) is 37.3 Å². The summed E-state index contributed by atoms with van der Waals surface area (Å²) in [5.74, 6) is -0.668. The first kappa shape index (κ1) is 12.8. The van der Waals surface area contributed by atoms with Gasteiger partial charge in [-0.05, 0) is 22.5 Å². The van der Waals surface area contributed by atoms with E-state index in [2.05, 4.69) is 32.9 Å². The molecule has 88 valence electrons. The van der Waals surface area contributed by atoms with Gasteiger partial charge in [-0.1, -0.05) is 52.0 Å². The Labute approximate surface area is 97.3 Å². The van der Waals surface area contributed by atoms with E-state index in [9.17, 15) is 4.79 Å². The van der Waals surface area contributed by atoms with Crippen molar-refractivity contribution in [3.63, 3.8) is 0 Å². The highest BCUT2D eigenvalue weighted by Gasteiger charge is 2.14. The lowest BCUT2D eigenvalue weighted by molar-refractivity contribution is -0.137. The van der Waals surface area contributed by atoms with Crippen LogP contribution in [0.25, 0.3) is 0 Å². The lowest BCUT2D eigenvalue weighted by atomic mass is 9.85. The summed E-state index contributed by atoms with van der Waals surface area (Å²) < 4.78 is 0. The third kappa shape index (κ3) is 3.37. The Morgan fingerprint density at radius 2 is 1.75 bits per heavy atom. The number of aliphatic carboxylic acids is 1. The predicted octanol–water partition coefficient (Wildman–Crippen LogP) is 3.56. The van der Waals surface area contributed by atoms with Crippen molar-refractivity contribution >= 4 is 5.97 Å². The van der Waals surface area contributed by atoms with Gasteiger partial charge in [0, 0.05) is 0 Å². The molecule has 1 N–H and O–H groups in total. The van der Waals surface area contributed by atoms with Crippen LogP contribution in [-0.4, -0.2) is 11.1 Å². The zero-order valence-electron chi connectivity index (χ0n) is 10.4. The standard InChI is InChI=1S/C14H20O2/c1-10(9-13(15)16)11-5-7-12(8-6-11)14(2,3)4/h5-8,10H,9H2,1-4H3,(H,15,16). The molecule has 0 fully saturated rings. The third-order valence-corrected chi connectivity index (χ3v) is 2.83. The van der Waals surface area contributed by atoms with E-state index >= 15 is 0 Å². The second-order valence-corrected chi connectivity index (χ2v) is 5.37. The summed E-state index contributed by atoms with van der Waals surface area (Å²) in [6.45, 7) is 8.45. The molecule has 2 heteroatoms. The summed E-state index contributed by atoms with van der Waals surface area (Å²) >= 11 is 0. The van der Waals surface area contributed by atoms with Gasteiger partial charge in [-0.15, -0.1) is 0 Å². The van der Waals surface area contributed by atoms with E-state index in [4.69, 9.17) is 5.11 Å². The van der Waals surface area contributed by atoms with Gasteiger partial charge in [0.15, 0.2) is 0 Å². The quantitative estimate of drug-likeness (QED) is 0.845. The molecule has 0 radical (unpaired) electrons. The van der Waals surface area contributed by atoms with Gasteiger partial charge in [0.05, 0.1) is 6.42 Å². The van der Waals surface area contributed by atoms with Gasteiger partial charge in [0.1, 0.15) is 0 Å². The summed E-state index contributed by atoms with van der Waals surface area (Å²) in [6, 6.07) is 8.25. The normalized spacial score (nSPS) is 13.5. The van der Waals surface area contributed by atoms with E-state index in [-0.39, 0.29) is 17.8 Å². The highest BCUT2D eigenvalue weighted by atomic mass is 16.4. The van der Waals surface area contributed by atoms with Crippen LogP contribution in [-0.2, 0) is 10.2 Å². The van der Waals surface area contributed by atoms with Gasteiger partial charge < -0.3 is 5.11 Å². The molecule has 0 bridgehead atoms. The number of carbonyl (C=O) groups is 1. The minimum atomic E-state index is -0.743. The van der Waals surface area contributed by atoms with Crippen molar-refractivity contribution in [2.45, 2.75) is 45.4 Å². The van der Waals surface area contributed by atoms with Crippen LogP contribution in [0.2, 0.25) is 0 Å². The first-order valence-electron chi connectivity index (χ1n) is 5.63. The molecule has 0 heterocycles. The molecular weight excluding hydrogens is 200 g/mol. The number of benzene rings is 1. The maximum atomic E-state index is 10.6. The fourth-order valence-electron chi connectivity index (χ4n) is 1.69. The summed E-state index contributed by atoms with van der Waals surface area (Å²) in [7, 11) is 0. The Morgan fingerprint density at radius 3 is 2.12 bits per heavy atom. The Kier molecular flexibility index (Phi) is 3.74. The third-order valence-electron chi connectivity index (χ3n) is 2.83. The van der Waals surface area contributed by atoms with E-state index < -0.39 is 5.97 Å². The van der Waals surface area contributed by atoms with Gasteiger partial charge in [0.2, 0.25) is 0 Å². The molecule has 16 heavy (non-hydrogen) atoms. The highest BCUT2D eigenvalue weighted by molar-refractivity contribution is 5.67. The maximum absolute atomic E-state index is 10.6. The second kappa shape index (κ2) is 4.69. The van der Waals surface area contributed by atoms with Crippen molar-refractivity contribution in [2.75, 3.05) is 0 Å². The van der Waals surface area contributed by atoms with Gasteiger partial charge >= 0.3 is 5.97 Å². The molecule has 0 saturated carbocycles. The molecular formula is C14H20O2. The molecule has 1 aromatic rings. The predicted molar refractivity (Wildman–Crippen MR) is 65.8 cm³/mol. The molecule has 0 saturated heterocycles. The van der Waals surface area contributed by atoms with Crippen molar-refractivity contribution < 1.29 is 9.90 Å². The molecule has 0 aromatic heterocycles. The van der Waals surface area contributed by atoms with Crippen LogP contribution >= 0.6 is 0 Å². The van der Waals surface area contributed by atoms with Crippen LogP contribution in [0.1, 0.15) is 51.2 Å². The molecule has 1 unspecified atom stereocenters. The van der Waals surface area contributed by atoms with Crippen molar-refractivity contribution in [2.24, 2.45) is 0 Å². The molecule has 1 rings (SSSR count). The van der Waals surface area contributed by atoms with Gasteiger partial charge in [-0.25, -0.2) is 0 Å². The number of carboxylic acids is 1. The van der Waals surface area contributed by atoms with Crippen molar-refractivity contribution in [1.29, 1.82) is 0 Å². The average molecular weight is 220 g/mol. The van der Waals surface area contributed by atoms with Crippen LogP contribution < -0.4 is 0 Å². The lowest BCUT2D eigenvalue weighted by Crippen LogP contribution is -2.11. The minimum absolute atomic E-state index is 0.0755. The fraction of sp³-hybridized carbons (Fsp3) is 0.500. The Morgan fingerprint density at radius 1 is 1.25 bits per heavy atom. The average Bonchev–Trinajstić information content (AvgIpc) is 2.15. The zero-order chi connectivity index (χ0) is 12.3. The molecule has 0 spiro atoms. The molecule has 0 aliphatic carbocycles. The first-order valence-corrected chi connectivity index (χ1v) is 5.63. The minimum Gasteiger partial charge on any atom is -0.481 e. The number of hydrogen-bond acceptors (Lipinski definition) is 1. The second-order valence-electron chi connectivity index (χ2n) is 5.37. The van der Waals surface area contributed by atoms with Gasteiger partial charge in [-0.2, -0.15) is 0 Å². The van der Waals surface area contributed by atoms with Crippen molar-refractivity contribution in [3.05, 3.63) is 35.4 Å². The summed E-state index contributed by atoms with van der Waals surface area (Å²) in [5, 5.41) is 8.73. The smallest absolute Gasteiger partial charge is 0.303 e. The van der Waals surface area contributed by atoms with E-state index in [0.29, 0.717) is 0 Å². The summed E-state index contributed by atoms with van der Waals surface area (Å²) in [6.07, 6.45) is 0.189. The fourth-order valence-corrected chi connectivity index (χ4v) is 1.69. The molecule has 0 amide bonds. The van der Waals surface area contributed by atoms with E-state index in [0.717, 1.165) is 5.56 Å². The maximum Gasteiger partial charge on any atom is 0.303 e. The molecule has 1 aromatic carbocycles. The van der Waals surface area contributed by atoms with Crippen molar-refractivity contribution in [3.8, 4) is 0 Å². The van der Waals surface area contributed by atoms with Crippen LogP contribution in [0.4, 0.5) is 0 Å². The van der Waals surface area contributed by atoms with Gasteiger partial charge in [0.25, 0.3) is 0 Å². The summed E-state index contributed by atoms with van der Waals surface area (Å²) in [4.78, 5) is 10.6. The van der Waals surface area contributed by atoms with Crippen LogP contribution in [0.3, 0.4) is 0 Å². The Balaban J connectivity index is 2.83. The number of hydrogen-bond donors (Lipinski definition) is 1. The zero-order valence-corrected chi connectivity index (χ0v) is 10.4. The summed E-state index contributed by atoms with van der Waals surface area (Å²) in [5.41, 5.74) is 2.52. The van der Waals surface area contributed by atoms with E-state index in [1.807, 2.05) is 19.1 Å². The Bertz CT molecular complexity index is 357. The largest absolute Gasteiger partial charge is 0.481 e. The van der Waals surface area contributed by atoms with Crippen LogP contribution in [0, 0.1) is 0 Å². The molecule has 1 atom stereocenters. The molecule has 0 aliphatic heterocycles. The van der Waals surface area contributed by atoms with E-state index in [1.54, 1.807) is 0 Å². The van der Waals surface area contributed by atoms with Crippen LogP contribution in [0.5, 0.6) is 0 Å².